The molecule has 0 amide bonds. The fourth-order valence-corrected chi connectivity index (χ4v) is 2.20. The first-order valence-electron chi connectivity index (χ1n) is 4.65. The molecule has 0 N–H and O–H groups in total. The topological polar surface area (TPSA) is 54.5 Å². The van der Waals surface area contributed by atoms with Crippen LogP contribution in [0.4, 0.5) is 0 Å². The summed E-state index contributed by atoms with van der Waals surface area (Å²) >= 11 is 1.41. The molecule has 0 saturated carbocycles. The van der Waals surface area contributed by atoms with Gasteiger partial charge in [0.1, 0.15) is 6.07 Å². The van der Waals surface area contributed by atoms with Crippen LogP contribution in [0.15, 0.2) is 12.4 Å². The number of aromatic nitrogens is 3. The molecular formula is C10H10N4S. The molecule has 0 aromatic carbocycles. The standard InChI is InChI=1S/C10H10N4S/c1-3-14-6-8(5-12-14)10-7(2)13-9(4-11)15-10/h5-6H,3H2,1-2H3. The quantitative estimate of drug-likeness (QED) is 0.776. The van der Waals surface area contributed by atoms with Gasteiger partial charge < -0.3 is 0 Å². The van der Waals surface area contributed by atoms with Gasteiger partial charge in [0.25, 0.3) is 0 Å². The van der Waals surface area contributed by atoms with E-state index in [1.807, 2.05) is 30.9 Å². The second kappa shape index (κ2) is 3.83. The Morgan fingerprint density at radius 3 is 2.93 bits per heavy atom. The van der Waals surface area contributed by atoms with Crippen molar-refractivity contribution in [3.05, 3.63) is 23.1 Å². The zero-order valence-electron chi connectivity index (χ0n) is 8.56. The van der Waals surface area contributed by atoms with E-state index in [9.17, 15) is 0 Å². The van der Waals surface area contributed by atoms with Crippen molar-refractivity contribution in [2.24, 2.45) is 0 Å². The van der Waals surface area contributed by atoms with Crippen LogP contribution < -0.4 is 0 Å². The van der Waals surface area contributed by atoms with Crippen molar-refractivity contribution in [1.82, 2.24) is 14.8 Å². The molecule has 0 radical (unpaired) electrons. The summed E-state index contributed by atoms with van der Waals surface area (Å²) in [6.45, 7) is 4.80. The second-order valence-corrected chi connectivity index (χ2v) is 4.13. The lowest BCUT2D eigenvalue weighted by Gasteiger charge is -1.92. The van der Waals surface area contributed by atoms with Gasteiger partial charge in [0, 0.05) is 18.3 Å². The van der Waals surface area contributed by atoms with Crippen molar-refractivity contribution in [2.75, 3.05) is 0 Å². The van der Waals surface area contributed by atoms with E-state index >= 15 is 0 Å². The third kappa shape index (κ3) is 1.76. The third-order valence-corrected chi connectivity index (χ3v) is 3.22. The Balaban J connectivity index is 2.45. The second-order valence-electron chi connectivity index (χ2n) is 3.13. The van der Waals surface area contributed by atoms with Crippen LogP contribution in [0.1, 0.15) is 17.6 Å². The molecule has 2 aromatic rings. The average Bonchev–Trinajstić information content (AvgIpc) is 2.83. The summed E-state index contributed by atoms with van der Waals surface area (Å²) in [5.74, 6) is 0. The molecule has 0 saturated heterocycles. The minimum atomic E-state index is 0.506. The van der Waals surface area contributed by atoms with Crippen molar-refractivity contribution in [3.63, 3.8) is 0 Å². The summed E-state index contributed by atoms with van der Waals surface area (Å²) in [7, 11) is 0. The van der Waals surface area contributed by atoms with Crippen LogP contribution in [0.3, 0.4) is 0 Å². The monoisotopic (exact) mass is 218 g/mol. The zero-order valence-corrected chi connectivity index (χ0v) is 9.38. The molecule has 0 aliphatic heterocycles. The summed E-state index contributed by atoms with van der Waals surface area (Å²) < 4.78 is 1.86. The first-order chi connectivity index (χ1) is 7.24. The van der Waals surface area contributed by atoms with E-state index in [2.05, 4.69) is 16.2 Å². The number of thiazole rings is 1. The van der Waals surface area contributed by atoms with Gasteiger partial charge in [-0.15, -0.1) is 11.3 Å². The first-order valence-corrected chi connectivity index (χ1v) is 5.46. The van der Waals surface area contributed by atoms with Crippen LogP contribution in [0.2, 0.25) is 0 Å². The summed E-state index contributed by atoms with van der Waals surface area (Å²) in [6.07, 6.45) is 3.78. The lowest BCUT2D eigenvalue weighted by atomic mass is 10.2. The van der Waals surface area contributed by atoms with Crippen LogP contribution >= 0.6 is 11.3 Å². The highest BCUT2D eigenvalue weighted by molar-refractivity contribution is 7.15. The molecule has 0 atom stereocenters. The van der Waals surface area contributed by atoms with Gasteiger partial charge >= 0.3 is 0 Å². The normalized spacial score (nSPS) is 10.2. The number of aryl methyl sites for hydroxylation is 2. The Kier molecular flexibility index (Phi) is 2.52. The van der Waals surface area contributed by atoms with Gasteiger partial charge in [-0.05, 0) is 13.8 Å². The highest BCUT2D eigenvalue weighted by Gasteiger charge is 2.10. The number of hydrogen-bond acceptors (Lipinski definition) is 4. The molecule has 76 valence electrons. The first kappa shape index (κ1) is 9.87. The van der Waals surface area contributed by atoms with E-state index in [4.69, 9.17) is 5.26 Å². The number of nitriles is 1. The number of nitrogens with zero attached hydrogens (tertiary/aromatic N) is 4. The molecule has 0 aliphatic rings. The molecular weight excluding hydrogens is 208 g/mol. The smallest absolute Gasteiger partial charge is 0.195 e. The molecule has 2 heterocycles. The maximum Gasteiger partial charge on any atom is 0.195 e. The molecule has 15 heavy (non-hydrogen) atoms. The third-order valence-electron chi connectivity index (χ3n) is 2.11. The van der Waals surface area contributed by atoms with E-state index in [1.54, 1.807) is 0 Å². The van der Waals surface area contributed by atoms with Crippen molar-refractivity contribution in [3.8, 4) is 16.5 Å². The Morgan fingerprint density at radius 1 is 1.60 bits per heavy atom. The minimum Gasteiger partial charge on any atom is -0.272 e. The molecule has 2 rings (SSSR count). The average molecular weight is 218 g/mol. The lowest BCUT2D eigenvalue weighted by molar-refractivity contribution is 0.660. The van der Waals surface area contributed by atoms with Crippen molar-refractivity contribution >= 4 is 11.3 Å². The van der Waals surface area contributed by atoms with Crippen LogP contribution in [0.25, 0.3) is 10.4 Å². The molecule has 2 aromatic heterocycles. The predicted molar refractivity (Wildman–Crippen MR) is 58.5 cm³/mol. The van der Waals surface area contributed by atoms with E-state index in [-0.39, 0.29) is 0 Å². The highest BCUT2D eigenvalue weighted by atomic mass is 32.1. The Bertz CT molecular complexity index is 518. The van der Waals surface area contributed by atoms with Gasteiger partial charge in [-0.2, -0.15) is 10.4 Å². The van der Waals surface area contributed by atoms with E-state index in [0.717, 1.165) is 22.7 Å². The van der Waals surface area contributed by atoms with Gasteiger partial charge in [0.2, 0.25) is 0 Å². The minimum absolute atomic E-state index is 0.506. The molecule has 0 spiro atoms. The number of hydrogen-bond donors (Lipinski definition) is 0. The molecule has 0 bridgehead atoms. The van der Waals surface area contributed by atoms with Gasteiger partial charge in [-0.1, -0.05) is 0 Å². The van der Waals surface area contributed by atoms with Crippen molar-refractivity contribution < 1.29 is 0 Å². The van der Waals surface area contributed by atoms with Gasteiger partial charge in [-0.3, -0.25) is 4.68 Å². The Labute approximate surface area is 91.8 Å². The molecule has 0 unspecified atom stereocenters. The van der Waals surface area contributed by atoms with Gasteiger partial charge in [-0.25, -0.2) is 4.98 Å². The fourth-order valence-electron chi connectivity index (χ4n) is 1.37. The van der Waals surface area contributed by atoms with E-state index in [0.29, 0.717) is 5.01 Å². The summed E-state index contributed by atoms with van der Waals surface area (Å²) in [5.41, 5.74) is 1.93. The van der Waals surface area contributed by atoms with Crippen molar-refractivity contribution in [2.45, 2.75) is 20.4 Å². The molecule has 4 nitrogen and oxygen atoms in total. The van der Waals surface area contributed by atoms with Crippen LogP contribution in [-0.2, 0) is 6.54 Å². The van der Waals surface area contributed by atoms with Gasteiger partial charge in [0.05, 0.1) is 16.8 Å². The number of rotatable bonds is 2. The van der Waals surface area contributed by atoms with E-state index < -0.39 is 0 Å². The maximum atomic E-state index is 8.75. The summed E-state index contributed by atoms with van der Waals surface area (Å²) in [5, 5.41) is 13.5. The summed E-state index contributed by atoms with van der Waals surface area (Å²) in [4.78, 5) is 5.19. The highest BCUT2D eigenvalue weighted by Crippen LogP contribution is 2.29. The zero-order chi connectivity index (χ0) is 10.8. The van der Waals surface area contributed by atoms with E-state index in [1.165, 1.54) is 11.3 Å². The van der Waals surface area contributed by atoms with Crippen LogP contribution in [-0.4, -0.2) is 14.8 Å². The molecule has 0 aliphatic carbocycles. The van der Waals surface area contributed by atoms with Crippen LogP contribution in [0, 0.1) is 18.3 Å². The largest absolute Gasteiger partial charge is 0.272 e. The van der Waals surface area contributed by atoms with Gasteiger partial charge in [0.15, 0.2) is 5.01 Å². The predicted octanol–water partition coefficient (Wildman–Crippen LogP) is 2.21. The Morgan fingerprint density at radius 2 is 2.40 bits per heavy atom. The Hall–Kier alpha value is -1.67. The maximum absolute atomic E-state index is 8.75. The molecule has 5 heteroatoms. The fraction of sp³-hybridized carbons (Fsp3) is 0.300. The summed E-state index contributed by atoms with van der Waals surface area (Å²) in [6, 6.07) is 2.06. The lowest BCUT2D eigenvalue weighted by Crippen LogP contribution is -1.91. The van der Waals surface area contributed by atoms with Crippen molar-refractivity contribution in [1.29, 1.82) is 5.26 Å². The molecule has 0 fully saturated rings. The SMILES string of the molecule is CCn1cc(-c2sc(C#N)nc2C)cn1. The van der Waals surface area contributed by atoms with Crippen LogP contribution in [0.5, 0.6) is 0 Å².